The maximum absolute atomic E-state index is 4.35. The highest BCUT2D eigenvalue weighted by Gasteiger charge is 2.24. The highest BCUT2D eigenvalue weighted by molar-refractivity contribution is 7.17. The summed E-state index contributed by atoms with van der Waals surface area (Å²) >= 11 is 1.83. The van der Waals surface area contributed by atoms with Gasteiger partial charge in [0.1, 0.15) is 12.2 Å². The molecule has 1 aliphatic heterocycles. The number of benzene rings is 3. The number of rotatable bonds is 1. The predicted octanol–water partition coefficient (Wildman–Crippen LogP) is 5.49. The molecule has 0 aliphatic carbocycles. The van der Waals surface area contributed by atoms with Crippen LogP contribution in [0.2, 0.25) is 0 Å². The number of hydrogen-bond acceptors (Lipinski definition) is 1. The van der Waals surface area contributed by atoms with E-state index in [1.165, 1.54) is 47.3 Å². The SMILES string of the molecule is C=[N+]1C=c2sc3ccccc3c2=C[C-]1c1cc(C(C)(C)C)c2ccccc2c1C. The average molecular weight is 396 g/mol. The molecule has 0 unspecified atom stereocenters. The van der Waals surface area contributed by atoms with Crippen LogP contribution in [0.3, 0.4) is 0 Å². The lowest BCUT2D eigenvalue weighted by Crippen LogP contribution is -2.30. The van der Waals surface area contributed by atoms with Crippen molar-refractivity contribution in [1.29, 1.82) is 0 Å². The zero-order valence-corrected chi connectivity index (χ0v) is 18.2. The van der Waals surface area contributed by atoms with Crippen molar-refractivity contribution >= 4 is 51.2 Å². The topological polar surface area (TPSA) is 3.01 Å². The Morgan fingerprint density at radius 1 is 0.931 bits per heavy atom. The van der Waals surface area contributed by atoms with E-state index in [1.54, 1.807) is 0 Å². The van der Waals surface area contributed by atoms with E-state index < -0.39 is 0 Å². The summed E-state index contributed by atoms with van der Waals surface area (Å²) in [7, 11) is 0. The van der Waals surface area contributed by atoms with Gasteiger partial charge in [-0.25, -0.2) is 0 Å². The molecule has 144 valence electrons. The summed E-state index contributed by atoms with van der Waals surface area (Å²) in [5, 5.41) is 5.30. The summed E-state index contributed by atoms with van der Waals surface area (Å²) in [6, 6.07) is 21.0. The molecular weight excluding hydrogens is 370 g/mol. The quantitative estimate of drug-likeness (QED) is 0.296. The Bertz CT molecular complexity index is 1410. The molecule has 0 amide bonds. The number of nitrogens with zero attached hydrogens (tertiary/aromatic N) is 1. The van der Waals surface area contributed by atoms with Gasteiger partial charge in [0, 0.05) is 9.23 Å². The van der Waals surface area contributed by atoms with E-state index in [9.17, 15) is 0 Å². The highest BCUT2D eigenvalue weighted by atomic mass is 32.1. The normalized spacial score (nSPS) is 14.1. The first-order valence-electron chi connectivity index (χ1n) is 10.1. The van der Waals surface area contributed by atoms with Crippen molar-refractivity contribution in [2.75, 3.05) is 0 Å². The third kappa shape index (κ3) is 2.82. The van der Waals surface area contributed by atoms with Gasteiger partial charge >= 0.3 is 0 Å². The zero-order chi connectivity index (χ0) is 20.3. The van der Waals surface area contributed by atoms with Gasteiger partial charge in [0.25, 0.3) is 0 Å². The van der Waals surface area contributed by atoms with Gasteiger partial charge in [-0.2, -0.15) is 0 Å². The Morgan fingerprint density at radius 2 is 1.59 bits per heavy atom. The Morgan fingerprint density at radius 3 is 2.31 bits per heavy atom. The maximum Gasteiger partial charge on any atom is 0.147 e. The molecule has 29 heavy (non-hydrogen) atoms. The maximum atomic E-state index is 4.35. The molecule has 1 aromatic heterocycles. The van der Waals surface area contributed by atoms with Crippen LogP contribution in [0.5, 0.6) is 0 Å². The minimum Gasteiger partial charge on any atom is -0.254 e. The fraction of sp³-hybridized carbons (Fsp3) is 0.185. The van der Waals surface area contributed by atoms with Crippen molar-refractivity contribution < 1.29 is 4.58 Å². The molecule has 0 saturated heterocycles. The molecule has 5 rings (SSSR count). The van der Waals surface area contributed by atoms with Crippen LogP contribution < -0.4 is 9.75 Å². The molecule has 0 saturated carbocycles. The molecule has 0 spiro atoms. The third-order valence-corrected chi connectivity index (χ3v) is 7.05. The molecule has 0 atom stereocenters. The van der Waals surface area contributed by atoms with Crippen LogP contribution in [-0.2, 0) is 5.41 Å². The van der Waals surface area contributed by atoms with Crippen LogP contribution in [0.25, 0.3) is 33.1 Å². The van der Waals surface area contributed by atoms with Gasteiger partial charge in [0.2, 0.25) is 0 Å². The van der Waals surface area contributed by atoms with E-state index >= 15 is 0 Å². The molecule has 0 radical (unpaired) electrons. The number of thiophene rings is 1. The average Bonchev–Trinajstić information content (AvgIpc) is 3.04. The second kappa shape index (κ2) is 6.33. The van der Waals surface area contributed by atoms with Gasteiger partial charge in [-0.05, 0) is 44.5 Å². The van der Waals surface area contributed by atoms with Crippen molar-refractivity contribution in [3.05, 3.63) is 87.1 Å². The first-order chi connectivity index (χ1) is 13.8. The van der Waals surface area contributed by atoms with Crippen molar-refractivity contribution in [2.24, 2.45) is 0 Å². The van der Waals surface area contributed by atoms with E-state index in [4.69, 9.17) is 0 Å². The molecule has 0 N–H and O–H groups in total. The molecule has 4 aromatic rings. The van der Waals surface area contributed by atoms with Crippen LogP contribution in [0.1, 0.15) is 37.5 Å². The van der Waals surface area contributed by atoms with Gasteiger partial charge in [-0.15, -0.1) is 11.3 Å². The Labute approximate surface area is 175 Å². The number of hydrogen-bond donors (Lipinski definition) is 0. The number of aryl methyl sites for hydroxylation is 1. The molecule has 1 aliphatic rings. The smallest absolute Gasteiger partial charge is 0.147 e. The molecule has 2 heterocycles. The number of fused-ring (bicyclic) bond motifs is 4. The van der Waals surface area contributed by atoms with Gasteiger partial charge in [-0.3, -0.25) is 4.58 Å². The van der Waals surface area contributed by atoms with Gasteiger partial charge in [0.05, 0.1) is 6.72 Å². The van der Waals surface area contributed by atoms with E-state index in [-0.39, 0.29) is 5.41 Å². The summed E-state index contributed by atoms with van der Waals surface area (Å²) in [6.07, 6.45) is 4.51. The fourth-order valence-corrected chi connectivity index (χ4v) is 5.53. The predicted molar refractivity (Wildman–Crippen MR) is 127 cm³/mol. The van der Waals surface area contributed by atoms with Crippen molar-refractivity contribution in [1.82, 2.24) is 0 Å². The molecule has 0 bridgehead atoms. The van der Waals surface area contributed by atoms with E-state index in [0.717, 1.165) is 6.04 Å². The minimum atomic E-state index is 0.0627. The van der Waals surface area contributed by atoms with Gasteiger partial charge < -0.3 is 0 Å². The van der Waals surface area contributed by atoms with Crippen molar-refractivity contribution in [3.63, 3.8) is 0 Å². The molecule has 0 fully saturated rings. The summed E-state index contributed by atoms with van der Waals surface area (Å²) in [4.78, 5) is 0. The van der Waals surface area contributed by atoms with Crippen molar-refractivity contribution in [3.8, 4) is 0 Å². The first kappa shape index (κ1) is 18.2. The first-order valence-corrected chi connectivity index (χ1v) is 10.9. The van der Waals surface area contributed by atoms with Gasteiger partial charge in [0.15, 0.2) is 0 Å². The highest BCUT2D eigenvalue weighted by Crippen LogP contribution is 2.37. The lowest BCUT2D eigenvalue weighted by Gasteiger charge is -2.28. The third-order valence-electron chi connectivity index (χ3n) is 5.92. The summed E-state index contributed by atoms with van der Waals surface area (Å²) in [6.45, 7) is 13.5. The Kier molecular flexibility index (Phi) is 3.97. The summed E-state index contributed by atoms with van der Waals surface area (Å²) in [5.74, 6) is 0. The van der Waals surface area contributed by atoms with Crippen LogP contribution in [-0.4, -0.2) is 11.3 Å². The van der Waals surface area contributed by atoms with E-state index in [2.05, 4.69) is 101 Å². The van der Waals surface area contributed by atoms with Crippen LogP contribution in [0, 0.1) is 13.0 Å². The Balaban J connectivity index is 1.82. The lowest BCUT2D eigenvalue weighted by atomic mass is 9.80. The fourth-order valence-electron chi connectivity index (χ4n) is 4.40. The molecule has 3 aromatic carbocycles. The largest absolute Gasteiger partial charge is 0.254 e. The van der Waals surface area contributed by atoms with E-state index in [0.29, 0.717) is 0 Å². The van der Waals surface area contributed by atoms with Crippen LogP contribution >= 0.6 is 11.3 Å². The lowest BCUT2D eigenvalue weighted by molar-refractivity contribution is -0.376. The minimum absolute atomic E-state index is 0.0627. The summed E-state index contributed by atoms with van der Waals surface area (Å²) < 4.78 is 4.64. The van der Waals surface area contributed by atoms with Gasteiger partial charge in [-0.1, -0.05) is 87.4 Å². The standard InChI is InChI=1S/C27H25NS/c1-17-18-10-6-7-11-19(18)23(27(2,3)4)14-21(17)24-15-22-20-12-8-9-13-25(20)29-26(22)16-28(24)5/h6-16H,5H2,1-4H3. The second-order valence-electron chi connectivity index (χ2n) is 8.90. The zero-order valence-electron chi connectivity index (χ0n) is 17.4. The monoisotopic (exact) mass is 395 g/mol. The second-order valence-corrected chi connectivity index (χ2v) is 9.98. The van der Waals surface area contributed by atoms with Crippen LogP contribution in [0.4, 0.5) is 0 Å². The molecule has 1 nitrogen and oxygen atoms in total. The Hall–Kier alpha value is -2.84. The summed E-state index contributed by atoms with van der Waals surface area (Å²) in [5.41, 5.74) is 4.02. The van der Waals surface area contributed by atoms with E-state index in [1.807, 2.05) is 15.9 Å². The molecular formula is C27H25NS. The van der Waals surface area contributed by atoms with Crippen LogP contribution in [0.15, 0.2) is 54.6 Å². The molecule has 2 heteroatoms. The van der Waals surface area contributed by atoms with Crippen molar-refractivity contribution in [2.45, 2.75) is 33.1 Å².